The molecule has 0 saturated carbocycles. The van der Waals surface area contributed by atoms with Crippen molar-refractivity contribution >= 4 is 5.91 Å². The van der Waals surface area contributed by atoms with Crippen molar-refractivity contribution < 1.29 is 9.53 Å². The molecule has 4 heteroatoms. The molecule has 0 bridgehead atoms. The van der Waals surface area contributed by atoms with Crippen LogP contribution in [0.25, 0.3) is 0 Å². The third-order valence-corrected chi connectivity index (χ3v) is 2.94. The van der Waals surface area contributed by atoms with Crippen LogP contribution in [-0.2, 0) is 9.53 Å². The van der Waals surface area contributed by atoms with Gasteiger partial charge in [-0.15, -0.1) is 0 Å². The zero-order valence-electron chi connectivity index (χ0n) is 12.4. The lowest BCUT2D eigenvalue weighted by atomic mass is 9.84. The predicted molar refractivity (Wildman–Crippen MR) is 75.4 cm³/mol. The molecule has 0 radical (unpaired) electrons. The van der Waals surface area contributed by atoms with Crippen molar-refractivity contribution in [2.24, 2.45) is 11.1 Å². The molecule has 4 nitrogen and oxygen atoms in total. The topological polar surface area (TPSA) is 64.3 Å². The van der Waals surface area contributed by atoms with E-state index in [0.717, 1.165) is 19.3 Å². The molecule has 0 fully saturated rings. The summed E-state index contributed by atoms with van der Waals surface area (Å²) in [5, 5.41) is 2.92. The van der Waals surface area contributed by atoms with Gasteiger partial charge in [-0.25, -0.2) is 0 Å². The van der Waals surface area contributed by atoms with Gasteiger partial charge in [0.05, 0.1) is 6.10 Å². The smallest absolute Gasteiger partial charge is 0.220 e. The van der Waals surface area contributed by atoms with E-state index in [0.29, 0.717) is 26.1 Å². The number of carbonyl (C=O) groups excluding carboxylic acids is 1. The van der Waals surface area contributed by atoms with Crippen LogP contribution in [0.2, 0.25) is 0 Å². The molecule has 0 saturated heterocycles. The highest BCUT2D eigenvalue weighted by Crippen LogP contribution is 2.25. The molecule has 0 atom stereocenters. The van der Waals surface area contributed by atoms with E-state index < -0.39 is 0 Å². The Labute approximate surface area is 112 Å². The summed E-state index contributed by atoms with van der Waals surface area (Å²) in [6.07, 6.45) is 3.56. The van der Waals surface area contributed by atoms with E-state index in [4.69, 9.17) is 10.5 Å². The largest absolute Gasteiger partial charge is 0.379 e. The van der Waals surface area contributed by atoms with E-state index in [1.807, 2.05) is 13.8 Å². The fourth-order valence-corrected chi connectivity index (χ4v) is 1.68. The Hall–Kier alpha value is -0.610. The van der Waals surface area contributed by atoms with Gasteiger partial charge in [-0.3, -0.25) is 4.79 Å². The first-order valence-corrected chi connectivity index (χ1v) is 6.96. The number of amides is 1. The van der Waals surface area contributed by atoms with Gasteiger partial charge in [-0.2, -0.15) is 0 Å². The Bertz CT molecular complexity index is 228. The average molecular weight is 258 g/mol. The minimum Gasteiger partial charge on any atom is -0.379 e. The number of ether oxygens (including phenoxy) is 1. The molecule has 0 aliphatic rings. The lowest BCUT2D eigenvalue weighted by Gasteiger charge is -2.23. The van der Waals surface area contributed by atoms with Gasteiger partial charge in [0.25, 0.3) is 0 Å². The van der Waals surface area contributed by atoms with Crippen molar-refractivity contribution in [3.63, 3.8) is 0 Å². The van der Waals surface area contributed by atoms with Crippen molar-refractivity contribution in [1.82, 2.24) is 5.32 Å². The van der Waals surface area contributed by atoms with Gasteiger partial charge in [0, 0.05) is 19.6 Å². The quantitative estimate of drug-likeness (QED) is 0.590. The number of carbonyl (C=O) groups is 1. The second kappa shape index (κ2) is 9.34. The van der Waals surface area contributed by atoms with E-state index in [1.165, 1.54) is 0 Å². The highest BCUT2D eigenvalue weighted by molar-refractivity contribution is 5.75. The molecule has 18 heavy (non-hydrogen) atoms. The van der Waals surface area contributed by atoms with Crippen molar-refractivity contribution in [2.75, 3.05) is 19.7 Å². The molecule has 0 spiro atoms. The maximum atomic E-state index is 11.6. The predicted octanol–water partition coefficient (Wildman–Crippen LogP) is 2.07. The Morgan fingerprint density at radius 2 is 2.00 bits per heavy atom. The van der Waals surface area contributed by atoms with Crippen molar-refractivity contribution in [3.05, 3.63) is 0 Å². The zero-order valence-corrected chi connectivity index (χ0v) is 12.4. The third kappa shape index (κ3) is 10.5. The molecule has 0 unspecified atom stereocenters. The zero-order chi connectivity index (χ0) is 14.0. The maximum absolute atomic E-state index is 11.6. The number of nitrogens with two attached hydrogens (primary N) is 1. The summed E-state index contributed by atoms with van der Waals surface area (Å²) in [5.41, 5.74) is 5.70. The van der Waals surface area contributed by atoms with Crippen molar-refractivity contribution in [1.29, 1.82) is 0 Å². The molecule has 0 aromatic carbocycles. The summed E-state index contributed by atoms with van der Waals surface area (Å²) < 4.78 is 5.40. The summed E-state index contributed by atoms with van der Waals surface area (Å²) in [4.78, 5) is 11.6. The summed E-state index contributed by atoms with van der Waals surface area (Å²) in [6.45, 7) is 10.4. The molecule has 0 aromatic heterocycles. The van der Waals surface area contributed by atoms with Crippen LogP contribution in [0.4, 0.5) is 0 Å². The second-order valence-electron chi connectivity index (χ2n) is 5.83. The molecule has 0 heterocycles. The Balaban J connectivity index is 3.54. The molecule has 1 amide bonds. The first kappa shape index (κ1) is 17.4. The number of rotatable bonds is 10. The number of hydrogen-bond donors (Lipinski definition) is 2. The third-order valence-electron chi connectivity index (χ3n) is 2.94. The monoisotopic (exact) mass is 258 g/mol. The van der Waals surface area contributed by atoms with E-state index in [2.05, 4.69) is 19.2 Å². The Morgan fingerprint density at radius 3 is 2.56 bits per heavy atom. The molecular weight excluding hydrogens is 228 g/mol. The van der Waals surface area contributed by atoms with Crippen LogP contribution in [0.5, 0.6) is 0 Å². The van der Waals surface area contributed by atoms with Gasteiger partial charge in [0.2, 0.25) is 5.91 Å². The van der Waals surface area contributed by atoms with Crippen LogP contribution in [0.15, 0.2) is 0 Å². The van der Waals surface area contributed by atoms with Gasteiger partial charge in [-0.1, -0.05) is 13.8 Å². The van der Waals surface area contributed by atoms with E-state index in [1.54, 1.807) is 0 Å². The summed E-state index contributed by atoms with van der Waals surface area (Å²) in [5.74, 6) is 0.129. The Morgan fingerprint density at radius 1 is 1.33 bits per heavy atom. The summed E-state index contributed by atoms with van der Waals surface area (Å²) in [7, 11) is 0. The molecular formula is C14H30N2O2. The highest BCUT2D eigenvalue weighted by Gasteiger charge is 2.17. The first-order valence-electron chi connectivity index (χ1n) is 6.96. The second-order valence-corrected chi connectivity index (χ2v) is 5.83. The Kier molecular flexibility index (Phi) is 9.02. The standard InChI is InChI=1S/C14H30N2O2/c1-12(2)18-11-5-10-16-13(17)6-7-14(3,4)8-9-15/h12H,5-11,15H2,1-4H3,(H,16,17). The average Bonchev–Trinajstić information content (AvgIpc) is 2.25. The summed E-state index contributed by atoms with van der Waals surface area (Å²) in [6, 6.07) is 0. The molecule has 0 aliphatic heterocycles. The maximum Gasteiger partial charge on any atom is 0.220 e. The SMILES string of the molecule is CC(C)OCCCNC(=O)CCC(C)(C)CCN. The van der Waals surface area contributed by atoms with Crippen molar-refractivity contribution in [2.45, 2.75) is 59.5 Å². The molecule has 0 aromatic rings. The lowest BCUT2D eigenvalue weighted by molar-refractivity contribution is -0.121. The van der Waals surface area contributed by atoms with E-state index in [-0.39, 0.29) is 17.4 Å². The van der Waals surface area contributed by atoms with Crippen molar-refractivity contribution in [3.8, 4) is 0 Å². The minimum atomic E-state index is 0.129. The molecule has 0 aliphatic carbocycles. The van der Waals surface area contributed by atoms with Crippen LogP contribution < -0.4 is 11.1 Å². The summed E-state index contributed by atoms with van der Waals surface area (Å²) >= 11 is 0. The lowest BCUT2D eigenvalue weighted by Crippen LogP contribution is -2.27. The van der Waals surface area contributed by atoms with Gasteiger partial charge >= 0.3 is 0 Å². The van der Waals surface area contributed by atoms with E-state index in [9.17, 15) is 4.79 Å². The molecule has 0 rings (SSSR count). The van der Waals surface area contributed by atoms with Crippen LogP contribution in [0.3, 0.4) is 0 Å². The van der Waals surface area contributed by atoms with Crippen LogP contribution >= 0.6 is 0 Å². The van der Waals surface area contributed by atoms with Crippen LogP contribution in [0, 0.1) is 5.41 Å². The van der Waals surface area contributed by atoms with Crippen LogP contribution in [0.1, 0.15) is 53.4 Å². The molecule has 108 valence electrons. The number of nitrogens with one attached hydrogen (secondary N) is 1. The van der Waals surface area contributed by atoms with Gasteiger partial charge in [0.15, 0.2) is 0 Å². The van der Waals surface area contributed by atoms with Gasteiger partial charge < -0.3 is 15.8 Å². The minimum absolute atomic E-state index is 0.129. The normalized spacial score (nSPS) is 11.9. The van der Waals surface area contributed by atoms with Crippen LogP contribution in [-0.4, -0.2) is 31.7 Å². The fourth-order valence-electron chi connectivity index (χ4n) is 1.68. The van der Waals surface area contributed by atoms with E-state index >= 15 is 0 Å². The fraction of sp³-hybridized carbons (Fsp3) is 0.929. The highest BCUT2D eigenvalue weighted by atomic mass is 16.5. The van der Waals surface area contributed by atoms with Gasteiger partial charge in [-0.05, 0) is 45.1 Å². The number of hydrogen-bond acceptors (Lipinski definition) is 3. The molecule has 3 N–H and O–H groups in total. The first-order chi connectivity index (χ1) is 8.37. The van der Waals surface area contributed by atoms with Gasteiger partial charge in [0.1, 0.15) is 0 Å².